The maximum Gasteiger partial charge on any atom is 3.00 e. The van der Waals surface area contributed by atoms with E-state index in [4.69, 9.17) is 0 Å². The number of rotatable bonds is 9. The first-order valence-electron chi connectivity index (χ1n) is 7.99. The molecule has 1 radical (unpaired) electrons. The van der Waals surface area contributed by atoms with Crippen LogP contribution in [-0.2, 0) is 46.1 Å². The van der Waals surface area contributed by atoms with Gasteiger partial charge in [0.2, 0.25) is 17.7 Å². The maximum absolute atomic E-state index is 10.3. The van der Waals surface area contributed by atoms with E-state index in [9.17, 15) is 44.1 Å². The Kier molecular flexibility index (Phi) is 25.6. The molecule has 0 bridgehead atoms. The van der Waals surface area contributed by atoms with E-state index in [1.165, 1.54) is 20.8 Å². The van der Waals surface area contributed by atoms with Gasteiger partial charge < -0.3 is 45.7 Å². The second kappa shape index (κ2) is 21.6. The fraction of sp³-hybridized carbons (Fsp3) is 0.600. The van der Waals surface area contributed by atoms with Crippen molar-refractivity contribution in [2.75, 3.05) is 17.3 Å². The summed E-state index contributed by atoms with van der Waals surface area (Å²) >= 11 is 11.1. The SMILES string of the molecule is CC(=O)N[C@@H](CS)C(=O)[O-].CC(=O)N[C@@H](CS)C(=O)[O-].CC(=O)N[C@@H](CS)C(=O)[O-].[Cr+3]. The number of carboxylic acid groups (broad SMARTS) is 3. The molecule has 3 amide bonds. The normalized spacial score (nSPS) is 11.8. The first-order chi connectivity index (χ1) is 13.7. The van der Waals surface area contributed by atoms with E-state index in [0.717, 1.165) is 0 Å². The van der Waals surface area contributed by atoms with Gasteiger partial charge in [-0.3, -0.25) is 14.4 Å². The molecule has 3 atom stereocenters. The van der Waals surface area contributed by atoms with E-state index in [1.54, 1.807) is 0 Å². The van der Waals surface area contributed by atoms with Gasteiger partial charge in [-0.25, -0.2) is 0 Å². The summed E-state index contributed by atoms with van der Waals surface area (Å²) in [6, 6.07) is -2.96. The number of hydrogen-bond donors (Lipinski definition) is 6. The molecular weight excluding hydrogens is 514 g/mol. The first kappa shape index (κ1) is 36.8. The number of aliphatic carboxylic acids is 3. The van der Waals surface area contributed by atoms with E-state index in [0.29, 0.717) is 0 Å². The van der Waals surface area contributed by atoms with Crippen LogP contribution in [-0.4, -0.2) is 71.0 Å². The Balaban J connectivity index is -0.000000174. The van der Waals surface area contributed by atoms with Gasteiger partial charge in [-0.15, -0.1) is 0 Å². The average Bonchev–Trinajstić information content (AvgIpc) is 2.61. The summed E-state index contributed by atoms with van der Waals surface area (Å²) in [7, 11) is 0. The minimum Gasteiger partial charge on any atom is -0.548 e. The van der Waals surface area contributed by atoms with Crippen LogP contribution in [0.5, 0.6) is 0 Å². The van der Waals surface area contributed by atoms with Crippen molar-refractivity contribution in [3.63, 3.8) is 0 Å². The number of hydrogen-bond acceptors (Lipinski definition) is 12. The smallest absolute Gasteiger partial charge is 0.548 e. The van der Waals surface area contributed by atoms with Crippen molar-refractivity contribution in [3.8, 4) is 0 Å². The Hall–Kier alpha value is -1.60. The summed E-state index contributed by atoms with van der Waals surface area (Å²) in [4.78, 5) is 61.1. The van der Waals surface area contributed by atoms with Crippen molar-refractivity contribution in [2.24, 2.45) is 0 Å². The Bertz CT molecular complexity index is 531. The van der Waals surface area contributed by atoms with E-state index in [2.05, 4.69) is 53.8 Å². The van der Waals surface area contributed by atoms with Crippen LogP contribution in [0.4, 0.5) is 0 Å². The summed E-state index contributed by atoms with van der Waals surface area (Å²) in [5.74, 6) is -5.01. The molecule has 0 saturated carbocycles. The zero-order chi connectivity index (χ0) is 24.4. The van der Waals surface area contributed by atoms with E-state index < -0.39 is 53.8 Å². The predicted molar refractivity (Wildman–Crippen MR) is 109 cm³/mol. The molecule has 0 saturated heterocycles. The molecule has 0 aliphatic carbocycles. The monoisotopic (exact) mass is 538 g/mol. The second-order valence-corrected chi connectivity index (χ2v) is 6.36. The van der Waals surface area contributed by atoms with Crippen LogP contribution in [0.2, 0.25) is 0 Å². The zero-order valence-corrected chi connectivity index (χ0v) is 20.7. The summed E-state index contributed by atoms with van der Waals surface area (Å²) in [6.07, 6.45) is 0. The van der Waals surface area contributed by atoms with Gasteiger partial charge in [0.25, 0.3) is 0 Å². The molecule has 0 aromatic carbocycles. The van der Waals surface area contributed by atoms with Crippen LogP contribution in [0.25, 0.3) is 0 Å². The standard InChI is InChI=1S/3C5H9NO3S.Cr/c3*1-3(7)6-4(2-10)5(8)9;/h3*4,10H,2H2,1H3,(H,6,7)(H,8,9);/q;;;+3/p-3/t3*4-;/m000./s1. The first-order valence-corrected chi connectivity index (χ1v) is 9.89. The predicted octanol–water partition coefficient (Wildman–Crippen LogP) is -5.49. The molecule has 16 heteroatoms. The molecule has 0 spiro atoms. The van der Waals surface area contributed by atoms with Gasteiger partial charge in [0.05, 0.1) is 36.0 Å². The molecule has 0 rings (SSSR count). The third-order valence-corrected chi connectivity index (χ3v) is 3.63. The van der Waals surface area contributed by atoms with Crippen molar-refractivity contribution >= 4 is 73.5 Å². The molecule has 177 valence electrons. The number of carboxylic acids is 3. The van der Waals surface area contributed by atoms with Crippen molar-refractivity contribution in [3.05, 3.63) is 0 Å². The van der Waals surface area contributed by atoms with Gasteiger partial charge in [0.15, 0.2) is 0 Å². The Morgan fingerprint density at radius 2 is 0.742 bits per heavy atom. The quantitative estimate of drug-likeness (QED) is 0.155. The van der Waals surface area contributed by atoms with Crippen LogP contribution in [0, 0.1) is 0 Å². The largest absolute Gasteiger partial charge is 3.00 e. The molecule has 0 aliphatic heterocycles. The van der Waals surface area contributed by atoms with E-state index in [1.807, 2.05) is 0 Å². The molecule has 0 aromatic heterocycles. The van der Waals surface area contributed by atoms with Crippen LogP contribution < -0.4 is 31.3 Å². The van der Waals surface area contributed by atoms with Gasteiger partial charge >= 0.3 is 17.4 Å². The van der Waals surface area contributed by atoms with Gasteiger partial charge in [0, 0.05) is 38.0 Å². The van der Waals surface area contributed by atoms with E-state index in [-0.39, 0.29) is 34.6 Å². The summed E-state index contributed by atoms with van der Waals surface area (Å²) in [6.45, 7) is 3.71. The fourth-order valence-electron chi connectivity index (χ4n) is 1.27. The second-order valence-electron chi connectivity index (χ2n) is 5.26. The van der Waals surface area contributed by atoms with Crippen LogP contribution in [0.3, 0.4) is 0 Å². The number of carbonyl (C=O) groups excluding carboxylic acids is 6. The summed E-state index contributed by atoms with van der Waals surface area (Å²) in [5, 5.41) is 36.7. The molecule has 0 unspecified atom stereocenters. The van der Waals surface area contributed by atoms with Crippen molar-refractivity contribution in [1.29, 1.82) is 0 Å². The number of thiol groups is 3. The maximum atomic E-state index is 10.3. The zero-order valence-electron chi connectivity index (χ0n) is 16.8. The van der Waals surface area contributed by atoms with Crippen molar-refractivity contribution < 1.29 is 61.4 Å². The molecule has 0 heterocycles. The minimum absolute atomic E-state index is 0. The molecular formula is C15H24CrN3O9S3. The number of nitrogens with one attached hydrogen (secondary N) is 3. The van der Waals surface area contributed by atoms with Gasteiger partial charge in [-0.05, 0) is 0 Å². The Labute approximate surface area is 206 Å². The summed E-state index contributed by atoms with van der Waals surface area (Å²) in [5.41, 5.74) is 0. The molecule has 0 fully saturated rings. The fourth-order valence-corrected chi connectivity index (χ4v) is 1.99. The van der Waals surface area contributed by atoms with Crippen molar-refractivity contribution in [2.45, 2.75) is 38.9 Å². The topological polar surface area (TPSA) is 208 Å². The van der Waals surface area contributed by atoms with Crippen molar-refractivity contribution in [1.82, 2.24) is 16.0 Å². The molecule has 3 N–H and O–H groups in total. The van der Waals surface area contributed by atoms with Crippen LogP contribution >= 0.6 is 37.9 Å². The third kappa shape index (κ3) is 24.5. The van der Waals surface area contributed by atoms with E-state index >= 15 is 0 Å². The Morgan fingerprint density at radius 3 is 0.774 bits per heavy atom. The van der Waals surface area contributed by atoms with Gasteiger partial charge in [-0.2, -0.15) is 37.9 Å². The number of carbonyl (C=O) groups is 6. The summed E-state index contributed by atoms with van der Waals surface area (Å²) < 4.78 is 0. The van der Waals surface area contributed by atoms with Crippen LogP contribution in [0.15, 0.2) is 0 Å². The molecule has 12 nitrogen and oxygen atoms in total. The number of amides is 3. The molecule has 31 heavy (non-hydrogen) atoms. The minimum atomic E-state index is -1.31. The average molecular weight is 539 g/mol. The van der Waals surface area contributed by atoms with Crippen LogP contribution in [0.1, 0.15) is 20.8 Å². The third-order valence-electron chi connectivity index (χ3n) is 2.53. The van der Waals surface area contributed by atoms with Gasteiger partial charge in [0.1, 0.15) is 0 Å². The molecule has 0 aliphatic rings. The molecule has 0 aromatic rings. The van der Waals surface area contributed by atoms with Gasteiger partial charge in [-0.1, -0.05) is 0 Å². The Morgan fingerprint density at radius 1 is 0.581 bits per heavy atom.